The van der Waals surface area contributed by atoms with E-state index in [4.69, 9.17) is 0 Å². The molecule has 0 bridgehead atoms. The number of hydrogen-bond acceptors (Lipinski definition) is 4. The van der Waals surface area contributed by atoms with Gasteiger partial charge < -0.3 is 4.90 Å². The first-order valence-electron chi connectivity index (χ1n) is 10.0. The maximum absolute atomic E-state index is 13.0. The van der Waals surface area contributed by atoms with Gasteiger partial charge in [-0.3, -0.25) is 4.79 Å². The summed E-state index contributed by atoms with van der Waals surface area (Å²) in [5.41, 5.74) is 2.76. The van der Waals surface area contributed by atoms with E-state index in [1.165, 1.54) is 11.6 Å². The van der Waals surface area contributed by atoms with E-state index in [1.54, 1.807) is 5.38 Å². The van der Waals surface area contributed by atoms with Crippen LogP contribution < -0.4 is 4.72 Å². The highest BCUT2D eigenvalue weighted by molar-refractivity contribution is 7.91. The second kappa shape index (κ2) is 8.35. The lowest BCUT2D eigenvalue weighted by molar-refractivity contribution is 0.0762. The van der Waals surface area contributed by atoms with Gasteiger partial charge >= 0.3 is 0 Å². The fraction of sp³-hybridized carbons (Fsp3) is 0.476. The van der Waals surface area contributed by atoms with Crippen molar-refractivity contribution < 1.29 is 13.2 Å². The zero-order valence-electron chi connectivity index (χ0n) is 15.9. The minimum atomic E-state index is -3.66. The van der Waals surface area contributed by atoms with Gasteiger partial charge in [0.2, 0.25) is 0 Å². The molecule has 1 aliphatic heterocycles. The zero-order valence-corrected chi connectivity index (χ0v) is 17.5. The minimum absolute atomic E-state index is 0.0531. The average molecular weight is 419 g/mol. The van der Waals surface area contributed by atoms with Crippen molar-refractivity contribution in [2.75, 3.05) is 13.1 Å². The molecule has 0 saturated carbocycles. The standard InChI is InChI=1S/C21H26N2O3S2/c24-21(23-12-5-1-2-6-13-23)17-14-20(27-15-17)28(25,26)22-19-11-7-9-16-8-3-4-10-18(16)19/h3-4,8,10,14-15,19,22H,1-2,5-7,9,11-13H2/t19-/m0/s1. The van der Waals surface area contributed by atoms with E-state index in [1.807, 2.05) is 23.1 Å². The van der Waals surface area contributed by atoms with E-state index in [2.05, 4.69) is 10.8 Å². The Bertz CT molecular complexity index is 944. The topological polar surface area (TPSA) is 66.5 Å². The van der Waals surface area contributed by atoms with Gasteiger partial charge in [-0.1, -0.05) is 37.1 Å². The molecule has 5 nitrogen and oxygen atoms in total. The molecule has 2 heterocycles. The molecule has 4 rings (SSSR count). The molecule has 2 aliphatic rings. The first-order chi connectivity index (χ1) is 13.5. The SMILES string of the molecule is O=C(c1csc(S(=O)(=O)N[C@H]2CCCc3ccccc32)c1)N1CCCCCC1. The summed E-state index contributed by atoms with van der Waals surface area (Å²) < 4.78 is 29.0. The van der Waals surface area contributed by atoms with Crippen molar-refractivity contribution in [3.05, 3.63) is 52.4 Å². The molecule has 28 heavy (non-hydrogen) atoms. The van der Waals surface area contributed by atoms with Crippen LogP contribution >= 0.6 is 11.3 Å². The molecule has 1 atom stereocenters. The van der Waals surface area contributed by atoms with Crippen LogP contribution in [0.3, 0.4) is 0 Å². The number of nitrogens with one attached hydrogen (secondary N) is 1. The highest BCUT2D eigenvalue weighted by Gasteiger charge is 2.28. The Hall–Kier alpha value is -1.70. The lowest BCUT2D eigenvalue weighted by Gasteiger charge is -2.25. The molecule has 1 amide bonds. The van der Waals surface area contributed by atoms with Crippen LogP contribution in [0.1, 0.15) is 66.1 Å². The average Bonchev–Trinajstić information content (AvgIpc) is 3.05. The third kappa shape index (κ3) is 4.16. The number of thiophene rings is 1. The van der Waals surface area contributed by atoms with Crippen LogP contribution in [-0.2, 0) is 16.4 Å². The van der Waals surface area contributed by atoms with Crippen molar-refractivity contribution in [1.82, 2.24) is 9.62 Å². The third-order valence-corrected chi connectivity index (χ3v) is 8.56. The molecule has 0 spiro atoms. The van der Waals surface area contributed by atoms with Crippen LogP contribution in [0.2, 0.25) is 0 Å². The van der Waals surface area contributed by atoms with Gasteiger partial charge in [-0.05, 0) is 49.3 Å². The predicted octanol–water partition coefficient (Wildman–Crippen LogP) is 4.12. The van der Waals surface area contributed by atoms with Crippen molar-refractivity contribution >= 4 is 27.3 Å². The highest BCUT2D eigenvalue weighted by Crippen LogP contribution is 2.32. The Morgan fingerprint density at radius 1 is 1.07 bits per heavy atom. The van der Waals surface area contributed by atoms with Crippen LogP contribution in [-0.4, -0.2) is 32.3 Å². The van der Waals surface area contributed by atoms with Gasteiger partial charge in [-0.25, -0.2) is 13.1 Å². The van der Waals surface area contributed by atoms with Crippen LogP contribution in [0.25, 0.3) is 0 Å². The Kier molecular flexibility index (Phi) is 5.85. The van der Waals surface area contributed by atoms with Crippen LogP contribution in [0, 0.1) is 0 Å². The monoisotopic (exact) mass is 418 g/mol. The molecular formula is C21H26N2O3S2. The number of carbonyl (C=O) groups is 1. The van der Waals surface area contributed by atoms with Gasteiger partial charge in [-0.15, -0.1) is 11.3 Å². The number of rotatable bonds is 4. The van der Waals surface area contributed by atoms with E-state index < -0.39 is 10.0 Å². The lowest BCUT2D eigenvalue weighted by Crippen LogP contribution is -2.32. The number of nitrogens with zero attached hydrogens (tertiary/aromatic N) is 1. The molecule has 1 saturated heterocycles. The fourth-order valence-electron chi connectivity index (χ4n) is 4.15. The number of carbonyl (C=O) groups excluding carboxylic acids is 1. The van der Waals surface area contributed by atoms with E-state index >= 15 is 0 Å². The first-order valence-corrected chi connectivity index (χ1v) is 12.4. The first kappa shape index (κ1) is 19.6. The molecule has 7 heteroatoms. The van der Waals surface area contributed by atoms with Gasteiger partial charge in [-0.2, -0.15) is 0 Å². The van der Waals surface area contributed by atoms with Crippen molar-refractivity contribution in [2.45, 2.75) is 55.2 Å². The quantitative estimate of drug-likeness (QED) is 0.812. The third-order valence-electron chi connectivity index (χ3n) is 5.65. The van der Waals surface area contributed by atoms with Crippen LogP contribution in [0.4, 0.5) is 0 Å². The lowest BCUT2D eigenvalue weighted by atomic mass is 9.88. The van der Waals surface area contributed by atoms with E-state index in [9.17, 15) is 13.2 Å². The molecule has 1 aromatic carbocycles. The Morgan fingerprint density at radius 2 is 1.82 bits per heavy atom. The Labute approximate surface area is 170 Å². The molecule has 1 aromatic heterocycles. The summed E-state index contributed by atoms with van der Waals surface area (Å²) in [6.07, 6.45) is 7.09. The highest BCUT2D eigenvalue weighted by atomic mass is 32.2. The van der Waals surface area contributed by atoms with Crippen LogP contribution in [0.15, 0.2) is 39.9 Å². The Morgan fingerprint density at radius 3 is 2.61 bits per heavy atom. The van der Waals surface area contributed by atoms with Crippen molar-refractivity contribution in [2.24, 2.45) is 0 Å². The van der Waals surface area contributed by atoms with Crippen molar-refractivity contribution in [1.29, 1.82) is 0 Å². The minimum Gasteiger partial charge on any atom is -0.339 e. The van der Waals surface area contributed by atoms with Crippen LogP contribution in [0.5, 0.6) is 0 Å². The smallest absolute Gasteiger partial charge is 0.254 e. The maximum Gasteiger partial charge on any atom is 0.254 e. The molecule has 1 aliphatic carbocycles. The number of amides is 1. The fourth-order valence-corrected chi connectivity index (χ4v) is 6.57. The number of benzene rings is 1. The number of likely N-dealkylation sites (tertiary alicyclic amines) is 1. The van der Waals surface area contributed by atoms with Gasteiger partial charge in [0.1, 0.15) is 4.21 Å². The predicted molar refractivity (Wildman–Crippen MR) is 111 cm³/mol. The van der Waals surface area contributed by atoms with E-state index in [0.29, 0.717) is 5.56 Å². The molecule has 1 N–H and O–H groups in total. The molecule has 2 aromatic rings. The van der Waals surface area contributed by atoms with Gasteiger partial charge in [0.05, 0.1) is 5.56 Å². The van der Waals surface area contributed by atoms with Gasteiger partial charge in [0.25, 0.3) is 15.9 Å². The second-order valence-electron chi connectivity index (χ2n) is 7.63. The molecule has 0 unspecified atom stereocenters. The Balaban J connectivity index is 1.51. The summed E-state index contributed by atoms with van der Waals surface area (Å²) in [4.78, 5) is 14.6. The van der Waals surface area contributed by atoms with Gasteiger partial charge in [0, 0.05) is 24.5 Å². The maximum atomic E-state index is 13.0. The second-order valence-corrected chi connectivity index (χ2v) is 10.5. The summed E-state index contributed by atoms with van der Waals surface area (Å²) in [6.45, 7) is 1.52. The number of hydrogen-bond donors (Lipinski definition) is 1. The van der Waals surface area contributed by atoms with Crippen molar-refractivity contribution in [3.63, 3.8) is 0 Å². The summed E-state index contributed by atoms with van der Waals surface area (Å²) in [6, 6.07) is 9.35. The number of aryl methyl sites for hydroxylation is 1. The summed E-state index contributed by atoms with van der Waals surface area (Å²) in [7, 11) is -3.66. The number of fused-ring (bicyclic) bond motifs is 1. The van der Waals surface area contributed by atoms with E-state index in [-0.39, 0.29) is 16.2 Å². The summed E-state index contributed by atoms with van der Waals surface area (Å²) >= 11 is 1.13. The summed E-state index contributed by atoms with van der Waals surface area (Å²) in [5, 5.41) is 1.68. The summed E-state index contributed by atoms with van der Waals surface area (Å²) in [5.74, 6) is -0.0531. The normalized spacial score (nSPS) is 20.4. The molecule has 150 valence electrons. The number of sulfonamides is 1. The van der Waals surface area contributed by atoms with Crippen molar-refractivity contribution in [3.8, 4) is 0 Å². The molecular weight excluding hydrogens is 392 g/mol. The van der Waals surface area contributed by atoms with Gasteiger partial charge in [0.15, 0.2) is 0 Å². The molecule has 1 fully saturated rings. The zero-order chi connectivity index (χ0) is 19.6. The largest absolute Gasteiger partial charge is 0.339 e. The van der Waals surface area contributed by atoms with E-state index in [0.717, 1.165) is 74.9 Å². The molecule has 0 radical (unpaired) electrons.